The molecule has 138 valence electrons. The van der Waals surface area contributed by atoms with Crippen LogP contribution in [0.5, 0.6) is 0 Å². The highest BCUT2D eigenvalue weighted by atomic mass is 16.2. The highest BCUT2D eigenvalue weighted by Gasteiger charge is 2.22. The molecule has 4 aromatic rings. The molecule has 0 saturated carbocycles. The minimum atomic E-state index is -0.422. The molecule has 28 heavy (non-hydrogen) atoms. The number of aryl methyl sites for hydroxylation is 1. The van der Waals surface area contributed by atoms with Crippen molar-refractivity contribution >= 4 is 22.5 Å². The summed E-state index contributed by atoms with van der Waals surface area (Å²) in [5.74, 6) is -0.540. The zero-order chi connectivity index (χ0) is 19.5. The number of amides is 1. The normalized spacial score (nSPS) is 10.9. The molecule has 4 heteroatoms. The van der Waals surface area contributed by atoms with E-state index in [4.69, 9.17) is 0 Å². The lowest BCUT2D eigenvalue weighted by Gasteiger charge is -2.18. The average molecular weight is 368 g/mol. The van der Waals surface area contributed by atoms with Crippen LogP contribution >= 0.6 is 0 Å². The predicted octanol–water partition coefficient (Wildman–Crippen LogP) is 4.61. The molecular weight excluding hydrogens is 348 g/mol. The minimum Gasteiger partial charge on any atom is -0.325 e. The Bertz CT molecular complexity index is 1140. The van der Waals surface area contributed by atoms with Gasteiger partial charge in [-0.3, -0.25) is 9.59 Å². The van der Waals surface area contributed by atoms with Gasteiger partial charge in [-0.1, -0.05) is 66.7 Å². The number of hydrogen-bond donors (Lipinski definition) is 2. The summed E-state index contributed by atoms with van der Waals surface area (Å²) in [6.07, 6.45) is 0. The van der Waals surface area contributed by atoms with E-state index in [0.717, 1.165) is 22.1 Å². The lowest BCUT2D eigenvalue weighted by Crippen LogP contribution is -2.22. The standard InChI is InChI=1S/C24H20N2O2/c1-16-14-22(27)26-21-15-19(12-13-20(16)21)25-24(28)23(17-8-4-2-5-9-17)18-10-6-3-7-11-18/h2-15,23H,1H3,(H,25,28)(H,26,27). The number of carbonyl (C=O) groups excluding carboxylic acids is 1. The molecule has 0 radical (unpaired) electrons. The van der Waals surface area contributed by atoms with E-state index in [0.29, 0.717) is 11.2 Å². The van der Waals surface area contributed by atoms with E-state index in [9.17, 15) is 9.59 Å². The Labute approximate surface area is 162 Å². The van der Waals surface area contributed by atoms with Crippen molar-refractivity contribution in [1.29, 1.82) is 0 Å². The molecule has 0 saturated heterocycles. The third-order valence-corrected chi connectivity index (χ3v) is 4.85. The number of aromatic amines is 1. The van der Waals surface area contributed by atoms with Crippen molar-refractivity contribution < 1.29 is 4.79 Å². The quantitative estimate of drug-likeness (QED) is 0.553. The minimum absolute atomic E-state index is 0.119. The Hall–Kier alpha value is -3.66. The Kier molecular flexibility index (Phi) is 4.77. The molecule has 1 aromatic heterocycles. The largest absolute Gasteiger partial charge is 0.325 e. The SMILES string of the molecule is Cc1cc(=O)[nH]c2cc(NC(=O)C(c3ccccc3)c3ccccc3)ccc12. The van der Waals surface area contributed by atoms with Crippen LogP contribution in [-0.2, 0) is 4.79 Å². The zero-order valence-corrected chi connectivity index (χ0v) is 15.5. The number of anilines is 1. The van der Waals surface area contributed by atoms with E-state index in [1.54, 1.807) is 12.1 Å². The number of H-pyrrole nitrogens is 1. The first-order valence-corrected chi connectivity index (χ1v) is 9.16. The maximum atomic E-state index is 13.2. The number of carbonyl (C=O) groups is 1. The van der Waals surface area contributed by atoms with Gasteiger partial charge in [-0.25, -0.2) is 0 Å². The molecule has 3 aromatic carbocycles. The topological polar surface area (TPSA) is 62.0 Å². The van der Waals surface area contributed by atoms with Gasteiger partial charge in [0.15, 0.2) is 0 Å². The summed E-state index contributed by atoms with van der Waals surface area (Å²) >= 11 is 0. The molecule has 0 aliphatic rings. The summed E-state index contributed by atoms with van der Waals surface area (Å²) in [6.45, 7) is 1.90. The van der Waals surface area contributed by atoms with Gasteiger partial charge in [-0.05, 0) is 35.7 Å². The molecule has 0 fully saturated rings. The van der Waals surface area contributed by atoms with Gasteiger partial charge in [0.2, 0.25) is 11.5 Å². The smallest absolute Gasteiger partial charge is 0.248 e. The highest BCUT2D eigenvalue weighted by molar-refractivity contribution is 5.99. The van der Waals surface area contributed by atoms with Gasteiger partial charge in [-0.2, -0.15) is 0 Å². The molecule has 4 rings (SSSR count). The number of benzene rings is 3. The Morgan fingerprint density at radius 1 is 0.857 bits per heavy atom. The molecule has 1 amide bonds. The monoisotopic (exact) mass is 368 g/mol. The van der Waals surface area contributed by atoms with Gasteiger partial charge < -0.3 is 10.3 Å². The molecule has 0 bridgehead atoms. The van der Waals surface area contributed by atoms with Crippen LogP contribution in [0.4, 0.5) is 5.69 Å². The molecule has 0 aliphatic carbocycles. The molecule has 0 spiro atoms. The van der Waals surface area contributed by atoms with E-state index < -0.39 is 5.92 Å². The first-order valence-electron chi connectivity index (χ1n) is 9.16. The van der Waals surface area contributed by atoms with Crippen LogP contribution in [0, 0.1) is 6.92 Å². The second-order valence-electron chi connectivity index (χ2n) is 6.82. The second kappa shape index (κ2) is 7.53. The van der Waals surface area contributed by atoms with E-state index in [-0.39, 0.29) is 11.5 Å². The zero-order valence-electron chi connectivity index (χ0n) is 15.5. The maximum Gasteiger partial charge on any atom is 0.248 e. The fourth-order valence-electron chi connectivity index (χ4n) is 3.51. The molecule has 2 N–H and O–H groups in total. The van der Waals surface area contributed by atoms with Crippen LogP contribution in [0.1, 0.15) is 22.6 Å². The van der Waals surface area contributed by atoms with Crippen molar-refractivity contribution in [1.82, 2.24) is 4.98 Å². The predicted molar refractivity (Wildman–Crippen MR) is 113 cm³/mol. The number of nitrogens with one attached hydrogen (secondary N) is 2. The van der Waals surface area contributed by atoms with E-state index in [1.807, 2.05) is 79.7 Å². The molecule has 0 unspecified atom stereocenters. The summed E-state index contributed by atoms with van der Waals surface area (Å²) in [5.41, 5.74) is 3.96. The summed E-state index contributed by atoms with van der Waals surface area (Å²) in [5, 5.41) is 3.97. The Morgan fingerprint density at radius 2 is 1.46 bits per heavy atom. The molecule has 0 aliphatic heterocycles. The van der Waals surface area contributed by atoms with Crippen LogP contribution < -0.4 is 10.9 Å². The number of aromatic nitrogens is 1. The van der Waals surface area contributed by atoms with Gasteiger partial charge in [-0.15, -0.1) is 0 Å². The van der Waals surface area contributed by atoms with Crippen LogP contribution in [0.15, 0.2) is 89.7 Å². The van der Waals surface area contributed by atoms with Crippen molar-refractivity contribution in [2.75, 3.05) is 5.32 Å². The first kappa shape index (κ1) is 17.7. The number of fused-ring (bicyclic) bond motifs is 1. The van der Waals surface area contributed by atoms with Gasteiger partial charge >= 0.3 is 0 Å². The van der Waals surface area contributed by atoms with Crippen LogP contribution in [0.3, 0.4) is 0 Å². The fraction of sp³-hybridized carbons (Fsp3) is 0.0833. The van der Waals surface area contributed by atoms with Crippen molar-refractivity contribution in [2.24, 2.45) is 0 Å². The molecule has 4 nitrogen and oxygen atoms in total. The van der Waals surface area contributed by atoms with E-state index in [2.05, 4.69) is 10.3 Å². The Balaban J connectivity index is 1.70. The van der Waals surface area contributed by atoms with Crippen LogP contribution in [0.2, 0.25) is 0 Å². The van der Waals surface area contributed by atoms with Gasteiger partial charge in [0.1, 0.15) is 0 Å². The third kappa shape index (κ3) is 3.58. The van der Waals surface area contributed by atoms with Crippen LogP contribution in [-0.4, -0.2) is 10.9 Å². The van der Waals surface area contributed by atoms with Crippen LogP contribution in [0.25, 0.3) is 10.9 Å². The van der Waals surface area contributed by atoms with Gasteiger partial charge in [0.05, 0.1) is 11.4 Å². The van der Waals surface area contributed by atoms with Crippen molar-refractivity contribution in [3.8, 4) is 0 Å². The summed E-state index contributed by atoms with van der Waals surface area (Å²) < 4.78 is 0. The maximum absolute atomic E-state index is 13.2. The molecular formula is C24H20N2O2. The fourth-order valence-corrected chi connectivity index (χ4v) is 3.51. The van der Waals surface area contributed by atoms with Crippen molar-refractivity contribution in [3.05, 3.63) is 112 Å². The molecule has 1 heterocycles. The van der Waals surface area contributed by atoms with E-state index in [1.165, 1.54) is 0 Å². The number of pyridine rings is 1. The average Bonchev–Trinajstić information content (AvgIpc) is 2.69. The number of rotatable bonds is 4. The Morgan fingerprint density at radius 3 is 2.07 bits per heavy atom. The highest BCUT2D eigenvalue weighted by Crippen LogP contribution is 2.27. The van der Waals surface area contributed by atoms with Gasteiger partial charge in [0, 0.05) is 17.1 Å². The van der Waals surface area contributed by atoms with Crippen molar-refractivity contribution in [2.45, 2.75) is 12.8 Å². The lowest BCUT2D eigenvalue weighted by atomic mass is 9.90. The second-order valence-corrected chi connectivity index (χ2v) is 6.82. The van der Waals surface area contributed by atoms with E-state index >= 15 is 0 Å². The summed E-state index contributed by atoms with van der Waals surface area (Å²) in [6, 6.07) is 26.6. The molecule has 0 atom stereocenters. The first-order chi connectivity index (χ1) is 13.6. The van der Waals surface area contributed by atoms with Gasteiger partial charge in [0.25, 0.3) is 0 Å². The number of hydrogen-bond acceptors (Lipinski definition) is 2. The summed E-state index contributed by atoms with van der Waals surface area (Å²) in [7, 11) is 0. The summed E-state index contributed by atoms with van der Waals surface area (Å²) in [4.78, 5) is 27.8. The van der Waals surface area contributed by atoms with Crippen molar-refractivity contribution in [3.63, 3.8) is 0 Å². The lowest BCUT2D eigenvalue weighted by molar-refractivity contribution is -0.116. The third-order valence-electron chi connectivity index (χ3n) is 4.85.